The zero-order chi connectivity index (χ0) is 20.7. The summed E-state index contributed by atoms with van der Waals surface area (Å²) < 4.78 is 11.0. The van der Waals surface area contributed by atoms with Crippen LogP contribution in [-0.4, -0.2) is 41.7 Å². The molecule has 1 aromatic heterocycles. The largest absolute Gasteiger partial charge is 0.482 e. The molecule has 5 rings (SSSR count). The predicted molar refractivity (Wildman–Crippen MR) is 109 cm³/mol. The van der Waals surface area contributed by atoms with E-state index in [2.05, 4.69) is 10.1 Å². The lowest BCUT2D eigenvalue weighted by Crippen LogP contribution is -2.38. The van der Waals surface area contributed by atoms with Gasteiger partial charge in [0, 0.05) is 30.8 Å². The number of para-hydroxylation sites is 1. The van der Waals surface area contributed by atoms with Crippen molar-refractivity contribution in [1.82, 2.24) is 10.1 Å². The van der Waals surface area contributed by atoms with Crippen molar-refractivity contribution in [2.45, 2.75) is 19.3 Å². The van der Waals surface area contributed by atoms with Crippen LogP contribution >= 0.6 is 0 Å². The minimum absolute atomic E-state index is 0.0361. The minimum atomic E-state index is -0.159. The van der Waals surface area contributed by atoms with Gasteiger partial charge in [-0.1, -0.05) is 23.4 Å². The summed E-state index contributed by atoms with van der Waals surface area (Å²) in [6.07, 6.45) is 0.326. The Morgan fingerprint density at radius 1 is 1.10 bits per heavy atom. The van der Waals surface area contributed by atoms with Gasteiger partial charge in [-0.15, -0.1) is 0 Å². The van der Waals surface area contributed by atoms with E-state index in [1.807, 2.05) is 55.5 Å². The van der Waals surface area contributed by atoms with E-state index in [0.29, 0.717) is 42.7 Å². The SMILES string of the molecule is CCN1C(=O)COc2ccc(-c3noc(C4CC(=O)N(c5ccccc5)C4)n3)cc21. The first-order valence-electron chi connectivity index (χ1n) is 9.90. The molecule has 30 heavy (non-hydrogen) atoms. The van der Waals surface area contributed by atoms with Crippen molar-refractivity contribution in [1.29, 1.82) is 0 Å². The first-order chi connectivity index (χ1) is 14.6. The zero-order valence-electron chi connectivity index (χ0n) is 16.4. The molecule has 0 saturated carbocycles. The Hall–Kier alpha value is -3.68. The van der Waals surface area contributed by atoms with Crippen LogP contribution in [0.2, 0.25) is 0 Å². The highest BCUT2D eigenvalue weighted by atomic mass is 16.5. The lowest BCUT2D eigenvalue weighted by atomic mass is 10.1. The normalized spacial score (nSPS) is 18.5. The second kappa shape index (κ2) is 7.29. The predicted octanol–water partition coefficient (Wildman–Crippen LogP) is 3.00. The smallest absolute Gasteiger partial charge is 0.265 e. The van der Waals surface area contributed by atoms with Crippen molar-refractivity contribution in [2.24, 2.45) is 0 Å². The van der Waals surface area contributed by atoms with Crippen molar-refractivity contribution in [3.8, 4) is 17.1 Å². The third-order valence-electron chi connectivity index (χ3n) is 5.46. The van der Waals surface area contributed by atoms with Crippen molar-refractivity contribution >= 4 is 23.2 Å². The molecular weight excluding hydrogens is 384 g/mol. The molecule has 0 radical (unpaired) electrons. The van der Waals surface area contributed by atoms with Crippen molar-refractivity contribution in [3.05, 3.63) is 54.4 Å². The van der Waals surface area contributed by atoms with Crippen LogP contribution in [-0.2, 0) is 9.59 Å². The maximum absolute atomic E-state index is 12.5. The van der Waals surface area contributed by atoms with Gasteiger partial charge in [0.25, 0.3) is 5.91 Å². The Labute approximate surface area is 173 Å². The zero-order valence-corrected chi connectivity index (χ0v) is 16.4. The third kappa shape index (κ3) is 3.10. The summed E-state index contributed by atoms with van der Waals surface area (Å²) in [4.78, 5) is 32.6. The highest BCUT2D eigenvalue weighted by Gasteiger charge is 2.35. The minimum Gasteiger partial charge on any atom is -0.482 e. The molecule has 3 heterocycles. The first kappa shape index (κ1) is 18.4. The highest BCUT2D eigenvalue weighted by Crippen LogP contribution is 2.36. The van der Waals surface area contributed by atoms with E-state index >= 15 is 0 Å². The number of likely N-dealkylation sites (N-methyl/N-ethyl adjacent to an activating group) is 1. The van der Waals surface area contributed by atoms with Gasteiger partial charge in [-0.2, -0.15) is 4.98 Å². The number of rotatable bonds is 4. The molecule has 2 aliphatic rings. The molecule has 0 N–H and O–H groups in total. The number of benzene rings is 2. The Morgan fingerprint density at radius 2 is 1.93 bits per heavy atom. The van der Waals surface area contributed by atoms with Gasteiger partial charge in [0.05, 0.1) is 11.6 Å². The molecular formula is C22H20N4O4. The second-order valence-electron chi connectivity index (χ2n) is 7.31. The summed E-state index contributed by atoms with van der Waals surface area (Å²) in [6.45, 7) is 3.01. The van der Waals surface area contributed by atoms with Crippen LogP contribution < -0.4 is 14.5 Å². The molecule has 2 aromatic carbocycles. The first-order valence-corrected chi connectivity index (χ1v) is 9.90. The number of aromatic nitrogens is 2. The van der Waals surface area contributed by atoms with Crippen LogP contribution in [0, 0.1) is 0 Å². The Bertz CT molecular complexity index is 1110. The van der Waals surface area contributed by atoms with Gasteiger partial charge in [0.15, 0.2) is 6.61 Å². The van der Waals surface area contributed by atoms with E-state index in [9.17, 15) is 9.59 Å². The average molecular weight is 404 g/mol. The van der Waals surface area contributed by atoms with Crippen LogP contribution in [0.4, 0.5) is 11.4 Å². The summed E-state index contributed by atoms with van der Waals surface area (Å²) >= 11 is 0. The van der Waals surface area contributed by atoms with E-state index in [0.717, 1.165) is 11.3 Å². The summed E-state index contributed by atoms with van der Waals surface area (Å²) in [5, 5.41) is 4.11. The van der Waals surface area contributed by atoms with Crippen LogP contribution in [0.1, 0.15) is 25.2 Å². The average Bonchev–Trinajstić information content (AvgIpc) is 3.41. The molecule has 1 unspecified atom stereocenters. The fraction of sp³-hybridized carbons (Fsp3) is 0.273. The van der Waals surface area contributed by atoms with Crippen LogP contribution in [0.5, 0.6) is 5.75 Å². The summed E-state index contributed by atoms with van der Waals surface area (Å²) in [5.74, 6) is 1.31. The van der Waals surface area contributed by atoms with Gasteiger partial charge in [0.1, 0.15) is 5.75 Å². The topological polar surface area (TPSA) is 88.8 Å². The Kier molecular flexibility index (Phi) is 4.46. The molecule has 152 valence electrons. The summed E-state index contributed by atoms with van der Waals surface area (Å²) in [5.41, 5.74) is 2.29. The Balaban J connectivity index is 1.40. The number of amides is 2. The number of fused-ring (bicyclic) bond motifs is 1. The molecule has 8 nitrogen and oxygen atoms in total. The van der Waals surface area contributed by atoms with Gasteiger partial charge in [-0.05, 0) is 37.3 Å². The fourth-order valence-corrected chi connectivity index (χ4v) is 3.94. The molecule has 8 heteroatoms. The number of carbonyl (C=O) groups is 2. The number of hydrogen-bond acceptors (Lipinski definition) is 6. The molecule has 0 aliphatic carbocycles. The molecule has 3 aromatic rings. The molecule has 1 atom stereocenters. The number of anilines is 2. The second-order valence-corrected chi connectivity index (χ2v) is 7.31. The summed E-state index contributed by atoms with van der Waals surface area (Å²) in [7, 11) is 0. The lowest BCUT2D eigenvalue weighted by molar-refractivity contribution is -0.121. The quantitative estimate of drug-likeness (QED) is 0.664. The number of ether oxygens (including phenoxy) is 1. The van der Waals surface area contributed by atoms with Crippen molar-refractivity contribution in [3.63, 3.8) is 0 Å². The van der Waals surface area contributed by atoms with Gasteiger partial charge in [-0.25, -0.2) is 0 Å². The molecule has 0 spiro atoms. The third-order valence-corrected chi connectivity index (χ3v) is 5.46. The maximum atomic E-state index is 12.5. The van der Waals surface area contributed by atoms with Crippen molar-refractivity contribution < 1.29 is 18.8 Å². The molecule has 0 bridgehead atoms. The highest BCUT2D eigenvalue weighted by molar-refractivity contribution is 5.98. The van der Waals surface area contributed by atoms with Crippen LogP contribution in [0.15, 0.2) is 53.1 Å². The number of hydrogen-bond donors (Lipinski definition) is 0. The molecule has 1 fully saturated rings. The van der Waals surface area contributed by atoms with Gasteiger partial charge in [0.2, 0.25) is 17.6 Å². The Morgan fingerprint density at radius 3 is 2.73 bits per heavy atom. The molecule has 2 amide bonds. The standard InChI is InChI=1S/C22H20N4O4/c1-2-25-17-10-14(8-9-18(17)29-13-20(25)28)21-23-22(30-24-21)15-11-19(27)26(12-15)16-6-4-3-5-7-16/h3-10,15H,2,11-13H2,1H3. The van der Waals surface area contributed by atoms with Crippen LogP contribution in [0.25, 0.3) is 11.4 Å². The van der Waals surface area contributed by atoms with E-state index in [4.69, 9.17) is 9.26 Å². The molecule has 2 aliphatic heterocycles. The number of nitrogens with zero attached hydrogens (tertiary/aromatic N) is 4. The lowest BCUT2D eigenvalue weighted by Gasteiger charge is -2.28. The molecule has 1 saturated heterocycles. The fourth-order valence-electron chi connectivity index (χ4n) is 3.94. The van der Waals surface area contributed by atoms with Crippen molar-refractivity contribution in [2.75, 3.05) is 29.5 Å². The van der Waals surface area contributed by atoms with E-state index < -0.39 is 0 Å². The van der Waals surface area contributed by atoms with E-state index in [-0.39, 0.29) is 24.3 Å². The van der Waals surface area contributed by atoms with Gasteiger partial charge >= 0.3 is 0 Å². The maximum Gasteiger partial charge on any atom is 0.265 e. The van der Waals surface area contributed by atoms with Gasteiger partial charge < -0.3 is 19.1 Å². The summed E-state index contributed by atoms with van der Waals surface area (Å²) in [6, 6.07) is 15.0. The number of carbonyl (C=O) groups excluding carboxylic acids is 2. The van der Waals surface area contributed by atoms with E-state index in [1.54, 1.807) is 9.80 Å². The van der Waals surface area contributed by atoms with Crippen LogP contribution in [0.3, 0.4) is 0 Å². The monoisotopic (exact) mass is 404 g/mol. The van der Waals surface area contributed by atoms with E-state index in [1.165, 1.54) is 0 Å². The van der Waals surface area contributed by atoms with Gasteiger partial charge in [-0.3, -0.25) is 9.59 Å².